The number of ether oxygens (including phenoxy) is 2. The van der Waals surface area contributed by atoms with E-state index in [0.717, 1.165) is 15.9 Å². The first-order valence-electron chi connectivity index (χ1n) is 7.44. The number of hydrogen-bond acceptors (Lipinski definition) is 5. The lowest BCUT2D eigenvalue weighted by Crippen LogP contribution is -2.46. The Morgan fingerprint density at radius 2 is 1.87 bits per heavy atom. The SMILES string of the molecule is Cn1c2c(c(=O)n(C)c1=O)[C@H]1c3cc(N)ccc3OC[C@@H]1CO2. The standard InChI is InChI=1S/C16H17N3O4/c1-18-14(20)13-12-8(7-23-15(13)19(2)16(18)21)6-22-11-4-3-9(17)5-10(11)12/h3-5,8,12H,6-7,17H2,1-2H3/t8-,12-/m1/s1. The van der Waals surface area contributed by atoms with Crippen LogP contribution in [0.2, 0.25) is 0 Å². The predicted octanol–water partition coefficient (Wildman–Crippen LogP) is 0.199. The third-order valence-electron chi connectivity index (χ3n) is 4.68. The fourth-order valence-electron chi connectivity index (χ4n) is 3.50. The van der Waals surface area contributed by atoms with Crippen molar-refractivity contribution in [2.75, 3.05) is 18.9 Å². The minimum atomic E-state index is -0.396. The van der Waals surface area contributed by atoms with Gasteiger partial charge in [0.15, 0.2) is 0 Å². The molecule has 4 rings (SSSR count). The monoisotopic (exact) mass is 315 g/mol. The van der Waals surface area contributed by atoms with Gasteiger partial charge in [-0.1, -0.05) is 0 Å². The van der Waals surface area contributed by atoms with Gasteiger partial charge in [-0.25, -0.2) is 4.79 Å². The summed E-state index contributed by atoms with van der Waals surface area (Å²) in [6.07, 6.45) is 0. The van der Waals surface area contributed by atoms with Crippen LogP contribution in [0.1, 0.15) is 17.0 Å². The molecule has 0 amide bonds. The molecular formula is C16H17N3O4. The van der Waals surface area contributed by atoms with Crippen molar-refractivity contribution in [1.29, 1.82) is 0 Å². The maximum atomic E-state index is 12.7. The second kappa shape index (κ2) is 4.65. The average Bonchev–Trinajstić information content (AvgIpc) is 2.56. The zero-order valence-electron chi connectivity index (χ0n) is 12.9. The van der Waals surface area contributed by atoms with Crippen LogP contribution in [-0.2, 0) is 14.1 Å². The molecule has 0 saturated heterocycles. The van der Waals surface area contributed by atoms with E-state index >= 15 is 0 Å². The van der Waals surface area contributed by atoms with E-state index in [2.05, 4.69) is 0 Å². The summed E-state index contributed by atoms with van der Waals surface area (Å²) >= 11 is 0. The maximum absolute atomic E-state index is 12.7. The van der Waals surface area contributed by atoms with E-state index in [9.17, 15) is 9.59 Å². The Balaban J connectivity index is 2.05. The number of benzene rings is 1. The molecule has 7 heteroatoms. The number of nitrogens with two attached hydrogens (primary N) is 1. The zero-order chi connectivity index (χ0) is 16.3. The molecule has 1 aromatic carbocycles. The highest BCUT2D eigenvalue weighted by Gasteiger charge is 2.41. The number of nitrogens with zero attached hydrogens (tertiary/aromatic N) is 2. The topological polar surface area (TPSA) is 88.5 Å². The summed E-state index contributed by atoms with van der Waals surface area (Å²) in [5, 5.41) is 0. The molecule has 0 saturated carbocycles. The quantitative estimate of drug-likeness (QED) is 0.702. The number of hydrogen-bond donors (Lipinski definition) is 1. The van der Waals surface area contributed by atoms with Crippen LogP contribution >= 0.6 is 0 Å². The molecule has 1 aromatic heterocycles. The average molecular weight is 315 g/mol. The highest BCUT2D eigenvalue weighted by molar-refractivity contribution is 5.54. The van der Waals surface area contributed by atoms with E-state index in [1.165, 1.54) is 11.6 Å². The van der Waals surface area contributed by atoms with Crippen molar-refractivity contribution < 1.29 is 9.47 Å². The Labute approximate surface area is 131 Å². The second-order valence-electron chi connectivity index (χ2n) is 6.08. The van der Waals surface area contributed by atoms with Gasteiger partial charge >= 0.3 is 5.69 Å². The van der Waals surface area contributed by atoms with E-state index in [4.69, 9.17) is 15.2 Å². The Hall–Kier alpha value is -2.70. The normalized spacial score (nSPS) is 21.5. The lowest BCUT2D eigenvalue weighted by atomic mass is 9.78. The lowest BCUT2D eigenvalue weighted by Gasteiger charge is -2.38. The van der Waals surface area contributed by atoms with Gasteiger partial charge in [-0.05, 0) is 18.2 Å². The molecular weight excluding hydrogens is 298 g/mol. The summed E-state index contributed by atoms with van der Waals surface area (Å²) in [7, 11) is 3.09. The Morgan fingerprint density at radius 1 is 1.13 bits per heavy atom. The first kappa shape index (κ1) is 13.9. The van der Waals surface area contributed by atoms with Crippen molar-refractivity contribution in [3.05, 3.63) is 50.2 Å². The van der Waals surface area contributed by atoms with Gasteiger partial charge in [0.05, 0.1) is 18.8 Å². The molecule has 23 heavy (non-hydrogen) atoms. The van der Waals surface area contributed by atoms with E-state index in [-0.39, 0.29) is 17.4 Å². The predicted molar refractivity (Wildman–Crippen MR) is 84.1 cm³/mol. The van der Waals surface area contributed by atoms with Gasteiger partial charge in [-0.3, -0.25) is 13.9 Å². The number of rotatable bonds is 0. The molecule has 0 radical (unpaired) electrons. The van der Waals surface area contributed by atoms with Crippen LogP contribution in [0.5, 0.6) is 11.6 Å². The molecule has 0 fully saturated rings. The van der Waals surface area contributed by atoms with Gasteiger partial charge in [0.25, 0.3) is 5.56 Å². The van der Waals surface area contributed by atoms with Gasteiger partial charge in [0.1, 0.15) is 5.75 Å². The van der Waals surface area contributed by atoms with Crippen LogP contribution in [0.15, 0.2) is 27.8 Å². The number of nitrogen functional groups attached to an aromatic ring is 1. The van der Waals surface area contributed by atoms with Crippen molar-refractivity contribution in [2.45, 2.75) is 5.92 Å². The van der Waals surface area contributed by atoms with Gasteiger partial charge in [-0.2, -0.15) is 0 Å². The summed E-state index contributed by atoms with van der Waals surface area (Å²) in [6.45, 7) is 0.860. The molecule has 2 atom stereocenters. The fourth-order valence-corrected chi connectivity index (χ4v) is 3.50. The molecule has 2 aliphatic rings. The molecule has 2 aromatic rings. The molecule has 3 heterocycles. The Kier molecular flexibility index (Phi) is 2.81. The number of anilines is 1. The van der Waals surface area contributed by atoms with Crippen LogP contribution < -0.4 is 26.5 Å². The van der Waals surface area contributed by atoms with Crippen molar-refractivity contribution in [3.63, 3.8) is 0 Å². The lowest BCUT2D eigenvalue weighted by molar-refractivity contribution is 0.116. The summed E-state index contributed by atoms with van der Waals surface area (Å²) in [5.74, 6) is 0.900. The summed E-state index contributed by atoms with van der Waals surface area (Å²) in [4.78, 5) is 24.9. The molecule has 2 aliphatic heterocycles. The van der Waals surface area contributed by atoms with E-state index in [0.29, 0.717) is 30.3 Å². The van der Waals surface area contributed by atoms with E-state index in [1.54, 1.807) is 13.1 Å². The molecule has 0 spiro atoms. The molecule has 0 aliphatic carbocycles. The summed E-state index contributed by atoms with van der Waals surface area (Å²) < 4.78 is 14.0. The molecule has 2 N–H and O–H groups in total. The van der Waals surface area contributed by atoms with Crippen molar-refractivity contribution in [1.82, 2.24) is 9.13 Å². The highest BCUT2D eigenvalue weighted by Crippen LogP contribution is 2.45. The van der Waals surface area contributed by atoms with Crippen molar-refractivity contribution >= 4 is 5.69 Å². The third kappa shape index (κ3) is 1.82. The number of aromatic nitrogens is 2. The van der Waals surface area contributed by atoms with E-state index < -0.39 is 5.69 Å². The van der Waals surface area contributed by atoms with Gasteiger partial charge < -0.3 is 15.2 Å². The molecule has 0 unspecified atom stereocenters. The minimum absolute atomic E-state index is 0.0157. The van der Waals surface area contributed by atoms with Crippen molar-refractivity contribution in [3.8, 4) is 11.6 Å². The number of fused-ring (bicyclic) bond motifs is 5. The first-order valence-corrected chi connectivity index (χ1v) is 7.44. The van der Waals surface area contributed by atoms with Crippen LogP contribution in [0.25, 0.3) is 0 Å². The van der Waals surface area contributed by atoms with Crippen LogP contribution in [0, 0.1) is 5.92 Å². The van der Waals surface area contributed by atoms with E-state index in [1.807, 2.05) is 12.1 Å². The van der Waals surface area contributed by atoms with Gasteiger partial charge in [-0.15, -0.1) is 0 Å². The van der Waals surface area contributed by atoms with Gasteiger partial charge in [0.2, 0.25) is 5.88 Å². The molecule has 7 nitrogen and oxygen atoms in total. The third-order valence-corrected chi connectivity index (χ3v) is 4.68. The highest BCUT2D eigenvalue weighted by atomic mass is 16.5. The summed E-state index contributed by atoms with van der Waals surface area (Å²) in [6, 6.07) is 5.44. The maximum Gasteiger partial charge on any atom is 0.333 e. The Bertz CT molecular complexity index is 928. The smallest absolute Gasteiger partial charge is 0.333 e. The van der Waals surface area contributed by atoms with Crippen LogP contribution in [0.3, 0.4) is 0 Å². The fraction of sp³-hybridized carbons (Fsp3) is 0.375. The minimum Gasteiger partial charge on any atom is -0.493 e. The molecule has 0 bridgehead atoms. The summed E-state index contributed by atoms with van der Waals surface area (Å²) in [5.41, 5.74) is 7.19. The van der Waals surface area contributed by atoms with Crippen LogP contribution in [-0.4, -0.2) is 22.3 Å². The van der Waals surface area contributed by atoms with Crippen molar-refractivity contribution in [2.24, 2.45) is 20.0 Å². The van der Waals surface area contributed by atoms with Crippen LogP contribution in [0.4, 0.5) is 5.69 Å². The Morgan fingerprint density at radius 3 is 2.65 bits per heavy atom. The zero-order valence-corrected chi connectivity index (χ0v) is 12.9. The van der Waals surface area contributed by atoms with Gasteiger partial charge in [0, 0.05) is 37.2 Å². The largest absolute Gasteiger partial charge is 0.493 e. The molecule has 120 valence electrons. The second-order valence-corrected chi connectivity index (χ2v) is 6.08. The first-order chi connectivity index (χ1) is 11.0.